The molecule has 1 N–H and O–H groups in total. The molecule has 0 spiro atoms. The molecule has 0 aromatic carbocycles. The van der Waals surface area contributed by atoms with E-state index < -0.39 is 0 Å². The van der Waals surface area contributed by atoms with E-state index in [0.717, 1.165) is 50.3 Å². The van der Waals surface area contributed by atoms with Gasteiger partial charge in [0.15, 0.2) is 6.39 Å². The lowest BCUT2D eigenvalue weighted by Crippen LogP contribution is -2.32. The summed E-state index contributed by atoms with van der Waals surface area (Å²) in [7, 11) is 1.83. The van der Waals surface area contributed by atoms with E-state index >= 15 is 0 Å². The van der Waals surface area contributed by atoms with Gasteiger partial charge in [0.25, 0.3) is 5.91 Å². The highest BCUT2D eigenvalue weighted by molar-refractivity contribution is 5.92. The van der Waals surface area contributed by atoms with Crippen LogP contribution < -0.4 is 5.32 Å². The van der Waals surface area contributed by atoms with Crippen LogP contribution in [0.3, 0.4) is 0 Å². The Labute approximate surface area is 141 Å². The summed E-state index contributed by atoms with van der Waals surface area (Å²) in [4.78, 5) is 27.2. The molecule has 3 heterocycles. The number of rotatable bonds is 4. The molecule has 2 aromatic rings. The van der Waals surface area contributed by atoms with Crippen LogP contribution in [0.25, 0.3) is 0 Å². The number of anilines is 1. The Morgan fingerprint density at radius 1 is 1.29 bits per heavy atom. The number of carbonyl (C=O) groups excluding carboxylic acids is 1. The fourth-order valence-corrected chi connectivity index (χ4v) is 3.11. The van der Waals surface area contributed by atoms with E-state index in [9.17, 15) is 4.79 Å². The third kappa shape index (κ3) is 3.72. The van der Waals surface area contributed by atoms with Crippen LogP contribution in [0.15, 0.2) is 23.2 Å². The Morgan fingerprint density at radius 2 is 2.17 bits per heavy atom. The van der Waals surface area contributed by atoms with E-state index in [-0.39, 0.29) is 5.91 Å². The van der Waals surface area contributed by atoms with Gasteiger partial charge in [-0.2, -0.15) is 0 Å². The standard InChI is InChI=1S/C17H23N5O2/c1-12-16(24-11-21-12)17(23)22-6-3-4-13(5-7-22)8-14-9-20-15(18-2)10-19-14/h9-11,13H,3-8H2,1-2H3,(H,18,20)/t13-/m0/s1. The first-order valence-electron chi connectivity index (χ1n) is 8.35. The number of amides is 1. The van der Waals surface area contributed by atoms with Crippen LogP contribution >= 0.6 is 0 Å². The van der Waals surface area contributed by atoms with Gasteiger partial charge in [0, 0.05) is 20.1 Å². The minimum absolute atomic E-state index is 0.0520. The van der Waals surface area contributed by atoms with Gasteiger partial charge in [-0.15, -0.1) is 0 Å². The first-order chi connectivity index (χ1) is 11.7. The number of oxazole rings is 1. The highest BCUT2D eigenvalue weighted by Crippen LogP contribution is 2.22. The third-order valence-corrected chi connectivity index (χ3v) is 4.53. The van der Waals surface area contributed by atoms with Crippen molar-refractivity contribution >= 4 is 11.7 Å². The fourth-order valence-electron chi connectivity index (χ4n) is 3.11. The number of aryl methyl sites for hydroxylation is 1. The van der Waals surface area contributed by atoms with Gasteiger partial charge in [-0.25, -0.2) is 9.97 Å². The minimum atomic E-state index is -0.0520. The van der Waals surface area contributed by atoms with Gasteiger partial charge in [-0.3, -0.25) is 9.78 Å². The zero-order valence-electron chi connectivity index (χ0n) is 14.2. The number of aromatic nitrogens is 3. The summed E-state index contributed by atoms with van der Waals surface area (Å²) in [6, 6.07) is 0. The fraction of sp³-hybridized carbons (Fsp3) is 0.529. The molecule has 0 radical (unpaired) electrons. The molecule has 0 saturated carbocycles. The average molecular weight is 329 g/mol. The van der Waals surface area contributed by atoms with E-state index in [1.807, 2.05) is 18.1 Å². The van der Waals surface area contributed by atoms with Crippen LogP contribution in [0.4, 0.5) is 5.82 Å². The second-order valence-corrected chi connectivity index (χ2v) is 6.20. The van der Waals surface area contributed by atoms with Crippen molar-refractivity contribution in [3.8, 4) is 0 Å². The Bertz CT molecular complexity index is 683. The Hall–Kier alpha value is -2.44. The first kappa shape index (κ1) is 16.4. The molecule has 0 aliphatic carbocycles. The summed E-state index contributed by atoms with van der Waals surface area (Å²) >= 11 is 0. The molecular weight excluding hydrogens is 306 g/mol. The maximum atomic E-state index is 12.5. The van der Waals surface area contributed by atoms with Crippen molar-refractivity contribution in [1.82, 2.24) is 19.9 Å². The molecule has 24 heavy (non-hydrogen) atoms. The van der Waals surface area contributed by atoms with Crippen LogP contribution in [0.2, 0.25) is 0 Å². The van der Waals surface area contributed by atoms with Crippen LogP contribution in [0.5, 0.6) is 0 Å². The van der Waals surface area contributed by atoms with E-state index in [1.165, 1.54) is 6.39 Å². The predicted octanol–water partition coefficient (Wildman–Crippen LogP) is 2.30. The zero-order chi connectivity index (χ0) is 16.9. The maximum absolute atomic E-state index is 12.5. The molecule has 1 saturated heterocycles. The summed E-state index contributed by atoms with van der Waals surface area (Å²) in [6.45, 7) is 3.30. The molecule has 1 aliphatic rings. The third-order valence-electron chi connectivity index (χ3n) is 4.53. The predicted molar refractivity (Wildman–Crippen MR) is 89.8 cm³/mol. The molecule has 2 aromatic heterocycles. The van der Waals surface area contributed by atoms with Crippen molar-refractivity contribution < 1.29 is 9.21 Å². The maximum Gasteiger partial charge on any atom is 0.291 e. The van der Waals surface area contributed by atoms with Crippen molar-refractivity contribution in [2.24, 2.45) is 5.92 Å². The number of carbonyl (C=O) groups is 1. The van der Waals surface area contributed by atoms with E-state index in [4.69, 9.17) is 4.42 Å². The number of hydrogen-bond acceptors (Lipinski definition) is 6. The van der Waals surface area contributed by atoms with Crippen molar-refractivity contribution in [3.05, 3.63) is 35.9 Å². The zero-order valence-corrected chi connectivity index (χ0v) is 14.2. The second kappa shape index (κ2) is 7.42. The van der Waals surface area contributed by atoms with Crippen LogP contribution in [0, 0.1) is 12.8 Å². The van der Waals surface area contributed by atoms with Gasteiger partial charge >= 0.3 is 0 Å². The van der Waals surface area contributed by atoms with E-state index in [2.05, 4.69) is 20.3 Å². The number of nitrogens with one attached hydrogen (secondary N) is 1. The van der Waals surface area contributed by atoms with Gasteiger partial charge in [-0.05, 0) is 38.5 Å². The molecule has 1 atom stereocenters. The number of nitrogens with zero attached hydrogens (tertiary/aromatic N) is 4. The average Bonchev–Trinajstić information content (AvgIpc) is 2.89. The van der Waals surface area contributed by atoms with Gasteiger partial charge in [0.2, 0.25) is 5.76 Å². The van der Waals surface area contributed by atoms with Gasteiger partial charge in [0.1, 0.15) is 5.82 Å². The van der Waals surface area contributed by atoms with Crippen LogP contribution in [-0.2, 0) is 6.42 Å². The lowest BCUT2D eigenvalue weighted by molar-refractivity contribution is 0.0727. The summed E-state index contributed by atoms with van der Waals surface area (Å²) in [6.07, 6.45) is 8.87. The summed E-state index contributed by atoms with van der Waals surface area (Å²) in [5.74, 6) is 1.61. The number of hydrogen-bond donors (Lipinski definition) is 1. The summed E-state index contributed by atoms with van der Waals surface area (Å²) in [5.41, 5.74) is 1.66. The van der Waals surface area contributed by atoms with Crippen LogP contribution in [-0.4, -0.2) is 45.9 Å². The molecule has 1 amide bonds. The Balaban J connectivity index is 1.58. The molecule has 0 bridgehead atoms. The highest BCUT2D eigenvalue weighted by atomic mass is 16.3. The topological polar surface area (TPSA) is 84.2 Å². The van der Waals surface area contributed by atoms with Crippen molar-refractivity contribution in [3.63, 3.8) is 0 Å². The molecule has 1 fully saturated rings. The molecule has 1 aliphatic heterocycles. The minimum Gasteiger partial charge on any atom is -0.438 e. The quantitative estimate of drug-likeness (QED) is 0.926. The molecule has 128 valence electrons. The summed E-state index contributed by atoms with van der Waals surface area (Å²) in [5, 5.41) is 2.97. The second-order valence-electron chi connectivity index (χ2n) is 6.20. The van der Waals surface area contributed by atoms with Crippen LogP contribution in [0.1, 0.15) is 41.2 Å². The molecule has 0 unspecified atom stereocenters. The van der Waals surface area contributed by atoms with Gasteiger partial charge < -0.3 is 14.6 Å². The van der Waals surface area contributed by atoms with E-state index in [0.29, 0.717) is 17.4 Å². The van der Waals surface area contributed by atoms with Crippen molar-refractivity contribution in [1.29, 1.82) is 0 Å². The lowest BCUT2D eigenvalue weighted by atomic mass is 9.95. The lowest BCUT2D eigenvalue weighted by Gasteiger charge is -2.19. The van der Waals surface area contributed by atoms with Crippen molar-refractivity contribution in [2.75, 3.05) is 25.5 Å². The molecule has 7 nitrogen and oxygen atoms in total. The van der Waals surface area contributed by atoms with Gasteiger partial charge in [-0.1, -0.05) is 0 Å². The van der Waals surface area contributed by atoms with Gasteiger partial charge in [0.05, 0.1) is 23.8 Å². The van der Waals surface area contributed by atoms with Crippen molar-refractivity contribution in [2.45, 2.75) is 32.6 Å². The summed E-state index contributed by atoms with van der Waals surface area (Å²) < 4.78 is 5.24. The highest BCUT2D eigenvalue weighted by Gasteiger charge is 2.25. The number of likely N-dealkylation sites (tertiary alicyclic amines) is 1. The van der Waals surface area contributed by atoms with E-state index in [1.54, 1.807) is 13.1 Å². The molecule has 7 heteroatoms. The smallest absolute Gasteiger partial charge is 0.291 e. The normalized spacial score (nSPS) is 18.2. The Kier molecular flexibility index (Phi) is 5.08. The SMILES string of the molecule is CNc1cnc(C[C@H]2CCCN(C(=O)c3ocnc3C)CC2)cn1. The first-order valence-corrected chi connectivity index (χ1v) is 8.35. The largest absolute Gasteiger partial charge is 0.438 e. The Morgan fingerprint density at radius 3 is 2.83 bits per heavy atom. The monoisotopic (exact) mass is 329 g/mol. The molecule has 3 rings (SSSR count). The molecular formula is C17H23N5O2.